The second kappa shape index (κ2) is 32.7. The summed E-state index contributed by atoms with van der Waals surface area (Å²) in [5.74, 6) is -0.933. The Hall–Kier alpha value is -11.7. The van der Waals surface area contributed by atoms with E-state index in [1.165, 1.54) is 35.5 Å². The first kappa shape index (κ1) is 82.8. The summed E-state index contributed by atoms with van der Waals surface area (Å²) in [4.78, 5) is 80.8. The molecule has 0 aromatic heterocycles. The van der Waals surface area contributed by atoms with Crippen LogP contribution in [0.25, 0.3) is 0 Å². The van der Waals surface area contributed by atoms with Gasteiger partial charge in [0.05, 0.1) is 78.7 Å². The molecular formula is C90H97ClN6O18. The van der Waals surface area contributed by atoms with Gasteiger partial charge in [-0.05, 0) is 118 Å². The summed E-state index contributed by atoms with van der Waals surface area (Å²) in [6.45, 7) is 4.10. The summed E-state index contributed by atoms with van der Waals surface area (Å²) >= 11 is 4.64. The molecule has 3 aliphatic carbocycles. The molecule has 5 amide bonds. The number of ether oxygens (including phenoxy) is 9. The third-order valence-electron chi connectivity index (χ3n) is 23.2. The van der Waals surface area contributed by atoms with Gasteiger partial charge in [-0.1, -0.05) is 127 Å². The van der Waals surface area contributed by atoms with E-state index in [9.17, 15) is 44.1 Å². The number of fused-ring (bicyclic) bond motifs is 9. The van der Waals surface area contributed by atoms with Crippen molar-refractivity contribution in [1.29, 1.82) is 0 Å². The van der Waals surface area contributed by atoms with Crippen molar-refractivity contribution in [1.82, 2.24) is 25.3 Å². The molecular weight excluding hydrogens is 1490 g/mol. The van der Waals surface area contributed by atoms with Gasteiger partial charge in [0.15, 0.2) is 16.8 Å². The number of carbonyl (C=O) groups is 6. The van der Waals surface area contributed by atoms with Crippen LogP contribution >= 0.6 is 11.6 Å². The van der Waals surface area contributed by atoms with Gasteiger partial charge in [0.25, 0.3) is 0 Å². The monoisotopic (exact) mass is 1580 g/mol. The van der Waals surface area contributed by atoms with Crippen molar-refractivity contribution >= 4 is 46.4 Å². The van der Waals surface area contributed by atoms with Gasteiger partial charge in [-0.25, -0.2) is 0 Å². The zero-order valence-corrected chi connectivity index (χ0v) is 67.5. The summed E-state index contributed by atoms with van der Waals surface area (Å²) in [5.41, 5.74) is 5.19. The minimum atomic E-state index is -1.49. The normalized spacial score (nSPS) is 26.8. The summed E-state index contributed by atoms with van der Waals surface area (Å²) in [6.07, 6.45) is -3.88. The molecule has 3 heterocycles. The Bertz CT molecular complexity index is 4850. The van der Waals surface area contributed by atoms with Crippen molar-refractivity contribution in [3.8, 4) is 51.7 Å². The quantitative estimate of drug-likeness (QED) is 0.0462. The van der Waals surface area contributed by atoms with Crippen LogP contribution in [0.5, 0.6) is 51.7 Å². The predicted molar refractivity (Wildman–Crippen MR) is 430 cm³/mol. The second-order valence-corrected chi connectivity index (χ2v) is 30.4. The average molecular weight is 1590 g/mol. The number of carbonyl (C=O) groups excluding carboxylic acids is 6. The lowest BCUT2D eigenvalue weighted by atomic mass is 9.68. The molecule has 15 rings (SSSR count). The summed E-state index contributed by atoms with van der Waals surface area (Å²) in [6, 6.07) is 66.9. The maximum Gasteiger partial charge on any atom is 0.228 e. The molecule has 3 saturated carbocycles. The molecule has 115 heavy (non-hydrogen) atoms. The Balaban J connectivity index is 0.000000156. The number of benzene rings is 9. The first-order chi connectivity index (χ1) is 54.9. The number of amides is 5. The van der Waals surface area contributed by atoms with E-state index < -0.39 is 87.2 Å². The fourth-order valence-electron chi connectivity index (χ4n) is 18.7. The van der Waals surface area contributed by atoms with E-state index in [1.807, 2.05) is 170 Å². The fraction of sp³-hybridized carbons (Fsp3) is 0.333. The number of methoxy groups -OCH3 is 6. The van der Waals surface area contributed by atoms with Crippen molar-refractivity contribution in [2.75, 3.05) is 84.9 Å². The summed E-state index contributed by atoms with van der Waals surface area (Å²) in [5, 5.41) is 42.4. The first-order valence-electron chi connectivity index (χ1n) is 37.4. The van der Waals surface area contributed by atoms with Crippen LogP contribution in [-0.2, 0) is 62.2 Å². The number of rotatable bonds is 17. The molecule has 0 saturated heterocycles. The van der Waals surface area contributed by atoms with Crippen molar-refractivity contribution < 1.29 is 86.7 Å². The van der Waals surface area contributed by atoms with E-state index in [4.69, 9.17) is 48.4 Å². The Labute approximate surface area is 673 Å². The SMILES string of the molecule is CC(=O)Cl.COc1ccc([C@@]23Oc4cc(OC)ccc4[C@]2(N)[C@H](O)[C@H](C(=O)N(C)C)[C@H]3c2ccccc2)cc1.COc1ccc([C@@]23Oc4cc(OC)ccc4[C@]2(NC(C)=O)[C@H](O)[C@H](C(=O)N(C)C)[C@H]3c2ccccc2)cc1.COc1ccc([C@@]23Oc4cc(OC)ccc4[C@]2(NC(C)=O)[C@H](O)[C@H](C(=O)N(C)C)[C@H]3c2ccccc2)cc1. The molecule has 24 nitrogen and oxygen atoms in total. The standard InChI is InChI=1S/2C30H32N2O6.C28H30N2O5.C2H3ClO/c2*1-18(33)31-29-23-16-15-22(37-5)17-24(23)38-30(29,20-11-13-21(36-4)14-12-20)26(19-9-7-6-8-10-19)25(27(29)34)28(35)32(2)3;1-30(2)26(32)23-24(17-8-6-5-7-9-17)28(18-10-12-19(33-3)13-11-18)27(29,25(23)31)21-15-14-20(34-4)16-22(21)35-28;1-2(3)4/h2*6-17,25-27,34H,1-5H3,(H,31,33);5-16,23-25,31H,29H2,1-4H3;1H3/t2*25-,26-,27-,29+,30+;23-,24-,25-,27+,28+;/m111./s1. The van der Waals surface area contributed by atoms with Gasteiger partial charge in [-0.3, -0.25) is 28.8 Å². The minimum absolute atomic E-state index is 0.211. The van der Waals surface area contributed by atoms with Crippen molar-refractivity contribution in [2.24, 2.45) is 23.5 Å². The van der Waals surface area contributed by atoms with Crippen molar-refractivity contribution in [3.63, 3.8) is 0 Å². The van der Waals surface area contributed by atoms with E-state index in [1.54, 1.807) is 133 Å². The first-order valence-corrected chi connectivity index (χ1v) is 37.7. The number of nitrogens with zero attached hydrogens (tertiary/aromatic N) is 3. The van der Waals surface area contributed by atoms with Crippen LogP contribution in [0.15, 0.2) is 218 Å². The number of hydrogen-bond donors (Lipinski definition) is 6. The summed E-state index contributed by atoms with van der Waals surface area (Å²) in [7, 11) is 19.5. The molecule has 602 valence electrons. The lowest BCUT2D eigenvalue weighted by Gasteiger charge is -2.44. The largest absolute Gasteiger partial charge is 0.497 e. The highest BCUT2D eigenvalue weighted by Crippen LogP contribution is 2.72. The molecule has 15 atom stereocenters. The highest BCUT2D eigenvalue weighted by molar-refractivity contribution is 6.62. The van der Waals surface area contributed by atoms with Crippen LogP contribution in [0.3, 0.4) is 0 Å². The maximum atomic E-state index is 13.8. The van der Waals surface area contributed by atoms with Crippen LogP contribution < -0.4 is 59.0 Å². The molecule has 3 fully saturated rings. The molecule has 0 radical (unpaired) electrons. The molecule has 0 spiro atoms. The van der Waals surface area contributed by atoms with Gasteiger partial charge < -0.3 is 89.0 Å². The Kier molecular flexibility index (Phi) is 23.5. The van der Waals surface area contributed by atoms with E-state index in [0.717, 1.165) is 22.3 Å². The van der Waals surface area contributed by atoms with Gasteiger partial charge in [0.1, 0.15) is 68.4 Å². The zero-order valence-electron chi connectivity index (χ0n) is 66.7. The van der Waals surface area contributed by atoms with Gasteiger partial charge in [-0.2, -0.15) is 0 Å². The lowest BCUT2D eigenvalue weighted by Crippen LogP contribution is -2.62. The molecule has 0 bridgehead atoms. The lowest BCUT2D eigenvalue weighted by molar-refractivity contribution is -0.138. The number of hydrogen-bond acceptors (Lipinski definition) is 19. The molecule has 7 N–H and O–H groups in total. The molecule has 25 heteroatoms. The molecule has 6 aliphatic rings. The predicted octanol–water partition coefficient (Wildman–Crippen LogP) is 10.2. The third kappa shape index (κ3) is 13.4. The Morgan fingerprint density at radius 2 is 0.609 bits per heavy atom. The molecule has 9 aromatic rings. The van der Waals surface area contributed by atoms with Crippen molar-refractivity contribution in [3.05, 3.63) is 268 Å². The Morgan fingerprint density at radius 3 is 0.887 bits per heavy atom. The summed E-state index contributed by atoms with van der Waals surface area (Å²) < 4.78 is 53.3. The smallest absolute Gasteiger partial charge is 0.228 e. The second-order valence-electron chi connectivity index (χ2n) is 29.9. The highest BCUT2D eigenvalue weighted by Gasteiger charge is 2.81. The molecule has 9 aromatic carbocycles. The van der Waals surface area contributed by atoms with Crippen molar-refractivity contribution in [2.45, 2.75) is 90.3 Å². The third-order valence-corrected chi connectivity index (χ3v) is 23.2. The van der Waals surface area contributed by atoms with Gasteiger partial charge in [0, 0.05) is 116 Å². The van der Waals surface area contributed by atoms with Gasteiger partial charge in [0.2, 0.25) is 34.8 Å². The van der Waals surface area contributed by atoms with Crippen LogP contribution in [0.1, 0.15) is 88.6 Å². The average Bonchev–Trinajstić information content (AvgIpc) is 1.51. The Morgan fingerprint density at radius 1 is 0.365 bits per heavy atom. The molecule has 3 aliphatic heterocycles. The van der Waals surface area contributed by atoms with Crippen LogP contribution in [0.4, 0.5) is 0 Å². The zero-order chi connectivity index (χ0) is 83.0. The minimum Gasteiger partial charge on any atom is -0.497 e. The van der Waals surface area contributed by atoms with Gasteiger partial charge in [-0.15, -0.1) is 0 Å². The van der Waals surface area contributed by atoms with E-state index in [-0.39, 0.29) is 34.8 Å². The molecule has 0 unspecified atom stereocenters. The fourth-order valence-corrected chi connectivity index (χ4v) is 18.7. The number of nitrogens with one attached hydrogen (secondary N) is 2. The maximum absolute atomic E-state index is 13.8. The number of nitrogens with two attached hydrogens (primary N) is 1. The number of halogens is 1. The van der Waals surface area contributed by atoms with Crippen LogP contribution in [-0.4, -0.2) is 168 Å². The topological polar surface area (TPSA) is 306 Å². The number of aliphatic hydroxyl groups excluding tert-OH is 3. The van der Waals surface area contributed by atoms with E-state index in [2.05, 4.69) is 22.2 Å². The van der Waals surface area contributed by atoms with Gasteiger partial charge >= 0.3 is 0 Å². The van der Waals surface area contributed by atoms with E-state index in [0.29, 0.717) is 79.6 Å². The van der Waals surface area contributed by atoms with E-state index >= 15 is 0 Å². The van der Waals surface area contributed by atoms with Crippen LogP contribution in [0, 0.1) is 17.8 Å². The number of aliphatic hydroxyl groups is 3. The highest BCUT2D eigenvalue weighted by atomic mass is 35.5. The van der Waals surface area contributed by atoms with Crippen LogP contribution in [0.2, 0.25) is 0 Å².